The van der Waals surface area contributed by atoms with E-state index in [9.17, 15) is 18.0 Å². The van der Waals surface area contributed by atoms with Gasteiger partial charge in [0.25, 0.3) is 0 Å². The van der Waals surface area contributed by atoms with Crippen LogP contribution in [0.25, 0.3) is 0 Å². The molecule has 1 amide bonds. The summed E-state index contributed by atoms with van der Waals surface area (Å²) in [5.41, 5.74) is 2.22. The molecule has 1 aromatic carbocycles. The van der Waals surface area contributed by atoms with Crippen LogP contribution in [0.1, 0.15) is 18.0 Å². The van der Waals surface area contributed by atoms with Crippen LogP contribution < -0.4 is 5.43 Å². The van der Waals surface area contributed by atoms with E-state index in [1.807, 2.05) is 0 Å². The van der Waals surface area contributed by atoms with Gasteiger partial charge in [-0.05, 0) is 17.7 Å². The van der Waals surface area contributed by atoms with Crippen LogP contribution in [0.5, 0.6) is 0 Å². The predicted octanol–water partition coefficient (Wildman–Crippen LogP) is 2.68. The first-order chi connectivity index (χ1) is 8.38. The van der Waals surface area contributed by atoms with Crippen LogP contribution in [0, 0.1) is 0 Å². The first-order valence-electron chi connectivity index (χ1n) is 5.26. The van der Waals surface area contributed by atoms with Crippen LogP contribution in [0.4, 0.5) is 13.2 Å². The molecule has 2 rings (SSSR count). The topological polar surface area (TPSA) is 32.3 Å². The second-order valence-corrected chi connectivity index (χ2v) is 4.41. The molecular formula is C11H10ClF3N2O. The molecule has 1 atom stereocenters. The molecule has 1 aliphatic heterocycles. The number of benzene rings is 1. The highest BCUT2D eigenvalue weighted by Gasteiger charge is 2.46. The minimum absolute atomic E-state index is 0.0113. The summed E-state index contributed by atoms with van der Waals surface area (Å²) >= 11 is 5.70. The highest BCUT2D eigenvalue weighted by molar-refractivity contribution is 6.30. The fourth-order valence-corrected chi connectivity index (χ4v) is 2.11. The molecule has 0 spiro atoms. The van der Waals surface area contributed by atoms with E-state index in [1.54, 1.807) is 0 Å². The number of hydrazine groups is 1. The van der Waals surface area contributed by atoms with Crippen molar-refractivity contribution in [2.24, 2.45) is 0 Å². The van der Waals surface area contributed by atoms with Crippen LogP contribution in [-0.4, -0.2) is 23.6 Å². The third-order valence-corrected chi connectivity index (χ3v) is 2.87. The Bertz CT molecular complexity index is 464. The van der Waals surface area contributed by atoms with Gasteiger partial charge in [0.05, 0.1) is 0 Å². The van der Waals surface area contributed by atoms with E-state index in [4.69, 9.17) is 11.6 Å². The third kappa shape index (κ3) is 2.76. The normalized spacial score (nSPS) is 18.8. The highest BCUT2D eigenvalue weighted by Crippen LogP contribution is 2.38. The minimum atomic E-state index is -4.48. The number of hydrogen-bond donors (Lipinski definition) is 1. The van der Waals surface area contributed by atoms with Crippen molar-refractivity contribution < 1.29 is 18.0 Å². The summed E-state index contributed by atoms with van der Waals surface area (Å²) in [6, 6.07) is 3.68. The standard InChI is InChI=1S/C11H10ClF3N2O/c12-8-3-1-2-7(6-8)10(11(13,14)15)17-5-4-9(18)16-17/h1-3,6,10H,4-5H2,(H,16,18)/t10-/m0/s1. The molecule has 0 saturated carbocycles. The fraction of sp³-hybridized carbons (Fsp3) is 0.364. The summed E-state index contributed by atoms with van der Waals surface area (Å²) in [6.45, 7) is 0.0233. The Balaban J connectivity index is 2.34. The summed E-state index contributed by atoms with van der Waals surface area (Å²) in [5, 5.41) is 1.13. The molecule has 18 heavy (non-hydrogen) atoms. The van der Waals surface area contributed by atoms with Gasteiger partial charge >= 0.3 is 6.18 Å². The average molecular weight is 279 g/mol. The quantitative estimate of drug-likeness (QED) is 0.902. The zero-order valence-corrected chi connectivity index (χ0v) is 9.92. The second-order valence-electron chi connectivity index (χ2n) is 3.98. The lowest BCUT2D eigenvalue weighted by molar-refractivity contribution is -0.191. The maximum atomic E-state index is 13.1. The summed E-state index contributed by atoms with van der Waals surface area (Å²) in [4.78, 5) is 11.0. The third-order valence-electron chi connectivity index (χ3n) is 2.63. The highest BCUT2D eigenvalue weighted by atomic mass is 35.5. The lowest BCUT2D eigenvalue weighted by atomic mass is 10.1. The van der Waals surface area contributed by atoms with Crippen molar-refractivity contribution in [3.05, 3.63) is 34.9 Å². The molecule has 1 fully saturated rings. The van der Waals surface area contributed by atoms with Crippen LogP contribution in [0.2, 0.25) is 5.02 Å². The molecular weight excluding hydrogens is 269 g/mol. The van der Waals surface area contributed by atoms with Crippen molar-refractivity contribution in [2.75, 3.05) is 6.54 Å². The monoisotopic (exact) mass is 278 g/mol. The second kappa shape index (κ2) is 4.78. The number of amides is 1. The molecule has 7 heteroatoms. The number of nitrogens with one attached hydrogen (secondary N) is 1. The van der Waals surface area contributed by atoms with Gasteiger partial charge in [0, 0.05) is 18.0 Å². The van der Waals surface area contributed by atoms with Crippen molar-refractivity contribution in [3.63, 3.8) is 0 Å². The van der Waals surface area contributed by atoms with Crippen molar-refractivity contribution in [1.29, 1.82) is 0 Å². The van der Waals surface area contributed by atoms with E-state index < -0.39 is 18.1 Å². The zero-order chi connectivity index (χ0) is 13.3. The Morgan fingerprint density at radius 2 is 2.11 bits per heavy atom. The van der Waals surface area contributed by atoms with Gasteiger partial charge in [0.1, 0.15) is 6.04 Å². The predicted molar refractivity (Wildman–Crippen MR) is 59.7 cm³/mol. The van der Waals surface area contributed by atoms with Gasteiger partial charge in [-0.3, -0.25) is 10.2 Å². The van der Waals surface area contributed by atoms with Crippen LogP contribution >= 0.6 is 11.6 Å². The lowest BCUT2D eigenvalue weighted by Gasteiger charge is -2.29. The average Bonchev–Trinajstić information content (AvgIpc) is 2.62. The molecule has 1 N–H and O–H groups in total. The van der Waals surface area contributed by atoms with Crippen LogP contribution in [0.15, 0.2) is 24.3 Å². The molecule has 98 valence electrons. The van der Waals surface area contributed by atoms with Crippen molar-refractivity contribution in [1.82, 2.24) is 10.4 Å². The van der Waals surface area contributed by atoms with Crippen molar-refractivity contribution in [3.8, 4) is 0 Å². The molecule has 1 saturated heterocycles. The minimum Gasteiger partial charge on any atom is -0.288 e. The Labute approximate surface area is 106 Å². The zero-order valence-electron chi connectivity index (χ0n) is 9.17. The van der Waals surface area contributed by atoms with Crippen LogP contribution in [-0.2, 0) is 4.79 Å². The number of alkyl halides is 3. The first-order valence-corrected chi connectivity index (χ1v) is 5.64. The fourth-order valence-electron chi connectivity index (χ4n) is 1.91. The first kappa shape index (κ1) is 13.2. The molecule has 3 nitrogen and oxygen atoms in total. The Kier molecular flexibility index (Phi) is 3.49. The van der Waals surface area contributed by atoms with Gasteiger partial charge in [-0.25, -0.2) is 5.01 Å². The summed E-state index contributed by atoms with van der Waals surface area (Å²) < 4.78 is 39.2. The van der Waals surface area contributed by atoms with Gasteiger partial charge in [-0.1, -0.05) is 23.7 Å². The Morgan fingerprint density at radius 1 is 1.39 bits per heavy atom. The molecule has 0 radical (unpaired) electrons. The number of carbonyl (C=O) groups is 1. The number of rotatable bonds is 2. The van der Waals surface area contributed by atoms with E-state index in [0.29, 0.717) is 0 Å². The van der Waals surface area contributed by atoms with E-state index in [2.05, 4.69) is 5.43 Å². The van der Waals surface area contributed by atoms with Gasteiger partial charge in [0.15, 0.2) is 0 Å². The van der Waals surface area contributed by atoms with Crippen LogP contribution in [0.3, 0.4) is 0 Å². The molecule has 0 unspecified atom stereocenters. The lowest BCUT2D eigenvalue weighted by Crippen LogP contribution is -2.43. The molecule has 0 bridgehead atoms. The molecule has 1 aliphatic rings. The SMILES string of the molecule is O=C1CCN([C@@H](c2cccc(Cl)c2)C(F)(F)F)N1. The van der Waals surface area contributed by atoms with E-state index >= 15 is 0 Å². The molecule has 0 aromatic heterocycles. The van der Waals surface area contributed by atoms with Gasteiger partial charge in [-0.15, -0.1) is 0 Å². The van der Waals surface area contributed by atoms with Gasteiger partial charge in [0.2, 0.25) is 5.91 Å². The summed E-state index contributed by atoms with van der Waals surface area (Å²) in [5.74, 6) is -0.411. The van der Waals surface area contributed by atoms with Crippen molar-refractivity contribution in [2.45, 2.75) is 18.6 Å². The number of hydrogen-bond acceptors (Lipinski definition) is 2. The Hall–Kier alpha value is -1.27. The maximum Gasteiger partial charge on any atom is 0.409 e. The summed E-state index contributed by atoms with van der Waals surface area (Å²) in [6.07, 6.45) is -4.42. The van der Waals surface area contributed by atoms with Gasteiger partial charge < -0.3 is 0 Å². The molecule has 0 aliphatic carbocycles. The van der Waals surface area contributed by atoms with Crippen molar-refractivity contribution >= 4 is 17.5 Å². The maximum absolute atomic E-state index is 13.1. The smallest absolute Gasteiger partial charge is 0.288 e. The van der Waals surface area contributed by atoms with E-state index in [1.165, 1.54) is 24.3 Å². The molecule has 1 aromatic rings. The number of halogens is 4. The Morgan fingerprint density at radius 3 is 2.61 bits per heavy atom. The largest absolute Gasteiger partial charge is 0.409 e. The number of carbonyl (C=O) groups excluding carboxylic acids is 1. The van der Waals surface area contributed by atoms with E-state index in [0.717, 1.165) is 5.01 Å². The van der Waals surface area contributed by atoms with E-state index in [-0.39, 0.29) is 23.6 Å². The number of nitrogens with zero attached hydrogens (tertiary/aromatic N) is 1. The molecule has 1 heterocycles. The van der Waals surface area contributed by atoms with Gasteiger partial charge in [-0.2, -0.15) is 13.2 Å². The summed E-state index contributed by atoms with van der Waals surface area (Å²) in [7, 11) is 0.